The zero-order valence-corrected chi connectivity index (χ0v) is 21.2. The van der Waals surface area contributed by atoms with Gasteiger partial charge in [0.1, 0.15) is 23.0 Å². The first-order valence-corrected chi connectivity index (χ1v) is 13.0. The van der Waals surface area contributed by atoms with Crippen molar-refractivity contribution in [3.63, 3.8) is 0 Å². The van der Waals surface area contributed by atoms with Crippen LogP contribution >= 0.6 is 0 Å². The monoisotopic (exact) mass is 509 g/mol. The second-order valence-corrected chi connectivity index (χ2v) is 10.1. The molecule has 0 amide bonds. The third-order valence-corrected chi connectivity index (χ3v) is 7.53. The molecule has 0 saturated carbocycles. The fourth-order valence-electron chi connectivity index (χ4n) is 3.87. The summed E-state index contributed by atoms with van der Waals surface area (Å²) in [5.74, 6) is 0.994. The molecule has 7 nitrogen and oxygen atoms in total. The number of methoxy groups -OCH3 is 1. The summed E-state index contributed by atoms with van der Waals surface area (Å²) < 4.78 is 55.1. The molecule has 0 aliphatic carbocycles. The van der Waals surface area contributed by atoms with Crippen LogP contribution in [0, 0.1) is 5.82 Å². The number of aromatic nitrogens is 2. The predicted molar refractivity (Wildman–Crippen MR) is 136 cm³/mol. The van der Waals surface area contributed by atoms with E-state index in [-0.39, 0.29) is 17.3 Å². The molecule has 0 aliphatic rings. The highest BCUT2D eigenvalue weighted by Crippen LogP contribution is 2.35. The smallest absolute Gasteiger partial charge is 0.243 e. The van der Waals surface area contributed by atoms with Gasteiger partial charge in [-0.1, -0.05) is 37.3 Å². The van der Waals surface area contributed by atoms with Crippen molar-refractivity contribution in [2.75, 3.05) is 13.7 Å². The zero-order valence-electron chi connectivity index (χ0n) is 20.4. The molecule has 0 spiro atoms. The summed E-state index contributed by atoms with van der Waals surface area (Å²) in [5, 5.41) is 4.66. The van der Waals surface area contributed by atoms with Crippen molar-refractivity contribution in [1.82, 2.24) is 14.1 Å². The fraction of sp³-hybridized carbons (Fsp3) is 0.222. The predicted octanol–water partition coefficient (Wildman–Crippen LogP) is 5.63. The maximum atomic E-state index is 13.7. The average molecular weight is 510 g/mol. The number of rotatable bonds is 10. The first-order valence-electron chi connectivity index (χ1n) is 11.5. The number of ether oxygens (including phenoxy) is 2. The Morgan fingerprint density at radius 2 is 1.58 bits per heavy atom. The lowest BCUT2D eigenvalue weighted by Gasteiger charge is -2.22. The van der Waals surface area contributed by atoms with Gasteiger partial charge in [0.2, 0.25) is 15.9 Å². The van der Waals surface area contributed by atoms with E-state index in [0.29, 0.717) is 41.6 Å². The SMILES string of the molecule is CCCN(Cc1c(-c2ccccc2)nn(C)c1Oc1ccc(F)cc1)S(=O)(=O)c1ccc(OC)cc1. The van der Waals surface area contributed by atoms with E-state index in [1.54, 1.807) is 23.9 Å². The highest BCUT2D eigenvalue weighted by Gasteiger charge is 2.29. The number of benzene rings is 3. The van der Waals surface area contributed by atoms with Crippen LogP contribution in [0.2, 0.25) is 0 Å². The van der Waals surface area contributed by atoms with E-state index in [1.165, 1.54) is 47.8 Å². The maximum absolute atomic E-state index is 13.7. The van der Waals surface area contributed by atoms with Gasteiger partial charge in [0.15, 0.2) is 0 Å². The first-order chi connectivity index (χ1) is 17.3. The summed E-state index contributed by atoms with van der Waals surface area (Å²) in [5.41, 5.74) is 2.05. The molecule has 0 saturated heterocycles. The minimum absolute atomic E-state index is 0.0385. The van der Waals surface area contributed by atoms with E-state index in [1.807, 2.05) is 37.3 Å². The highest BCUT2D eigenvalue weighted by atomic mass is 32.2. The third-order valence-electron chi connectivity index (χ3n) is 5.67. The van der Waals surface area contributed by atoms with Crippen molar-refractivity contribution in [2.45, 2.75) is 24.8 Å². The summed E-state index contributed by atoms with van der Waals surface area (Å²) >= 11 is 0. The molecule has 9 heteroatoms. The Labute approximate surface area is 210 Å². The lowest BCUT2D eigenvalue weighted by Crippen LogP contribution is -2.31. The maximum Gasteiger partial charge on any atom is 0.243 e. The van der Waals surface area contributed by atoms with E-state index in [4.69, 9.17) is 9.47 Å². The van der Waals surface area contributed by atoms with Crippen molar-refractivity contribution in [1.29, 1.82) is 0 Å². The minimum atomic E-state index is -3.84. The standard InChI is InChI=1S/C27H28FN3O4S/c1-4-18-31(36(32,33)24-16-14-22(34-3)15-17-24)19-25-26(20-8-6-5-7-9-20)29-30(2)27(25)35-23-12-10-21(28)11-13-23/h5-17H,4,18-19H2,1-3H3. The highest BCUT2D eigenvalue weighted by molar-refractivity contribution is 7.89. The summed E-state index contributed by atoms with van der Waals surface area (Å²) in [6.07, 6.45) is 0.616. The van der Waals surface area contributed by atoms with Crippen LogP contribution in [0.5, 0.6) is 17.4 Å². The zero-order chi connectivity index (χ0) is 25.7. The molecule has 1 heterocycles. The molecule has 4 rings (SSSR count). The quantitative estimate of drug-likeness (QED) is 0.277. The summed E-state index contributed by atoms with van der Waals surface area (Å²) in [7, 11) is -0.572. The molecular weight excluding hydrogens is 481 g/mol. The van der Waals surface area contributed by atoms with Gasteiger partial charge < -0.3 is 9.47 Å². The van der Waals surface area contributed by atoms with E-state index in [0.717, 1.165) is 5.56 Å². The fourth-order valence-corrected chi connectivity index (χ4v) is 5.37. The number of nitrogens with zero attached hydrogens (tertiary/aromatic N) is 3. The Bertz CT molecular complexity index is 1400. The number of halogens is 1. The molecule has 0 bridgehead atoms. The lowest BCUT2D eigenvalue weighted by atomic mass is 10.1. The molecular formula is C27H28FN3O4S. The molecule has 1 aromatic heterocycles. The molecule has 3 aromatic carbocycles. The van der Waals surface area contributed by atoms with Gasteiger partial charge in [0, 0.05) is 25.7 Å². The second-order valence-electron chi connectivity index (χ2n) is 8.19. The lowest BCUT2D eigenvalue weighted by molar-refractivity contribution is 0.386. The molecule has 0 atom stereocenters. The third kappa shape index (κ3) is 5.42. The molecule has 36 heavy (non-hydrogen) atoms. The van der Waals surface area contributed by atoms with Crippen LogP contribution in [0.15, 0.2) is 83.8 Å². The van der Waals surface area contributed by atoms with Crippen molar-refractivity contribution in [2.24, 2.45) is 7.05 Å². The van der Waals surface area contributed by atoms with Gasteiger partial charge in [-0.25, -0.2) is 17.5 Å². The summed E-state index contributed by atoms with van der Waals surface area (Å²) in [6.45, 7) is 2.26. The van der Waals surface area contributed by atoms with Crippen LogP contribution in [0.25, 0.3) is 11.3 Å². The van der Waals surface area contributed by atoms with Gasteiger partial charge in [-0.2, -0.15) is 9.40 Å². The van der Waals surface area contributed by atoms with Crippen LogP contribution in [0.1, 0.15) is 18.9 Å². The molecule has 0 N–H and O–H groups in total. The summed E-state index contributed by atoms with van der Waals surface area (Å²) in [4.78, 5) is 0.169. The van der Waals surface area contributed by atoms with Gasteiger partial charge in [-0.3, -0.25) is 0 Å². The Balaban J connectivity index is 1.79. The first kappa shape index (κ1) is 25.4. The molecule has 0 aliphatic heterocycles. The van der Waals surface area contributed by atoms with Crippen molar-refractivity contribution in [3.8, 4) is 28.6 Å². The average Bonchev–Trinajstić information content (AvgIpc) is 3.20. The minimum Gasteiger partial charge on any atom is -0.497 e. The molecule has 0 radical (unpaired) electrons. The van der Waals surface area contributed by atoms with Gasteiger partial charge >= 0.3 is 0 Å². The number of hydrogen-bond acceptors (Lipinski definition) is 5. The molecule has 188 valence electrons. The normalized spacial score (nSPS) is 11.6. The van der Waals surface area contributed by atoms with Crippen LogP contribution in [0.3, 0.4) is 0 Å². The number of sulfonamides is 1. The van der Waals surface area contributed by atoms with Crippen molar-refractivity contribution >= 4 is 10.0 Å². The van der Waals surface area contributed by atoms with Crippen LogP contribution < -0.4 is 9.47 Å². The Morgan fingerprint density at radius 1 is 0.944 bits per heavy atom. The molecule has 4 aromatic rings. The van der Waals surface area contributed by atoms with Crippen LogP contribution in [-0.2, 0) is 23.6 Å². The van der Waals surface area contributed by atoms with E-state index in [9.17, 15) is 12.8 Å². The van der Waals surface area contributed by atoms with E-state index < -0.39 is 10.0 Å². The largest absolute Gasteiger partial charge is 0.497 e. The van der Waals surface area contributed by atoms with Crippen molar-refractivity contribution in [3.05, 3.63) is 90.2 Å². The van der Waals surface area contributed by atoms with E-state index in [2.05, 4.69) is 5.10 Å². The number of aryl methyl sites for hydroxylation is 1. The van der Waals surface area contributed by atoms with E-state index >= 15 is 0 Å². The molecule has 0 unspecified atom stereocenters. The topological polar surface area (TPSA) is 73.7 Å². The Kier molecular flexibility index (Phi) is 7.71. The Morgan fingerprint density at radius 3 is 2.19 bits per heavy atom. The van der Waals surface area contributed by atoms with Gasteiger partial charge in [0.25, 0.3) is 0 Å². The van der Waals surface area contributed by atoms with Crippen LogP contribution in [-0.4, -0.2) is 36.2 Å². The van der Waals surface area contributed by atoms with Gasteiger partial charge in [-0.05, 0) is 55.0 Å². The second kappa shape index (κ2) is 10.9. The Hall–Kier alpha value is -3.69. The number of hydrogen-bond donors (Lipinski definition) is 0. The van der Waals surface area contributed by atoms with Gasteiger partial charge in [0.05, 0.1) is 17.6 Å². The molecule has 0 fully saturated rings. The van der Waals surface area contributed by atoms with Crippen molar-refractivity contribution < 1.29 is 22.3 Å². The van der Waals surface area contributed by atoms with Crippen LogP contribution in [0.4, 0.5) is 4.39 Å². The van der Waals surface area contributed by atoms with Gasteiger partial charge in [-0.15, -0.1) is 0 Å². The summed E-state index contributed by atoms with van der Waals surface area (Å²) in [6, 6.07) is 21.5.